The molecule has 1 aromatic rings. The molecular formula is C17H23N5O4. The number of rotatable bonds is 6. The molecule has 0 unspecified atom stereocenters. The van der Waals surface area contributed by atoms with E-state index in [1.807, 2.05) is 6.92 Å². The number of guanidine groups is 1. The summed E-state index contributed by atoms with van der Waals surface area (Å²) in [6.45, 7) is 2.27. The lowest BCUT2D eigenvalue weighted by molar-refractivity contribution is -0.147. The van der Waals surface area contributed by atoms with Crippen LogP contribution in [0.2, 0.25) is 0 Å². The van der Waals surface area contributed by atoms with E-state index < -0.39 is 24.0 Å². The van der Waals surface area contributed by atoms with Gasteiger partial charge in [0.25, 0.3) is 5.91 Å². The molecule has 1 saturated heterocycles. The van der Waals surface area contributed by atoms with Crippen LogP contribution in [0.3, 0.4) is 0 Å². The van der Waals surface area contributed by atoms with E-state index in [0.29, 0.717) is 12.1 Å². The topological polar surface area (TPSA) is 137 Å². The molecule has 9 nitrogen and oxygen atoms in total. The molecule has 1 aliphatic heterocycles. The van der Waals surface area contributed by atoms with Gasteiger partial charge in [0.2, 0.25) is 5.91 Å². The Bertz CT molecular complexity index is 692. The summed E-state index contributed by atoms with van der Waals surface area (Å²) in [5.74, 6) is -1.74. The fourth-order valence-electron chi connectivity index (χ4n) is 2.79. The minimum absolute atomic E-state index is 0.116. The summed E-state index contributed by atoms with van der Waals surface area (Å²) >= 11 is 0. The molecule has 2 rings (SSSR count). The largest absolute Gasteiger partial charge is 0.480 e. The third kappa shape index (κ3) is 4.95. The Balaban J connectivity index is 2.01. The van der Waals surface area contributed by atoms with Gasteiger partial charge >= 0.3 is 5.97 Å². The zero-order valence-corrected chi connectivity index (χ0v) is 14.5. The molecule has 0 saturated carbocycles. The van der Waals surface area contributed by atoms with E-state index in [4.69, 9.17) is 5.73 Å². The number of benzene rings is 1. The molecule has 2 atom stereocenters. The molecule has 5 N–H and O–H groups in total. The molecule has 1 aromatic carbocycles. The number of aliphatic imine (C=N–C) groups is 1. The minimum Gasteiger partial charge on any atom is -0.480 e. The highest BCUT2D eigenvalue weighted by Crippen LogP contribution is 2.19. The van der Waals surface area contributed by atoms with Gasteiger partial charge in [-0.15, -0.1) is 0 Å². The number of nitrogens with one attached hydrogen (secondary N) is 2. The average Bonchev–Trinajstić information content (AvgIpc) is 3.05. The monoisotopic (exact) mass is 361 g/mol. The van der Waals surface area contributed by atoms with Crippen molar-refractivity contribution in [3.05, 3.63) is 35.9 Å². The minimum atomic E-state index is -1.11. The zero-order valence-electron chi connectivity index (χ0n) is 14.5. The first-order chi connectivity index (χ1) is 12.4. The van der Waals surface area contributed by atoms with Crippen LogP contribution < -0.4 is 16.4 Å². The summed E-state index contributed by atoms with van der Waals surface area (Å²) in [7, 11) is 0. The predicted octanol–water partition coefficient (Wildman–Crippen LogP) is -0.605. The molecule has 0 aromatic heterocycles. The van der Waals surface area contributed by atoms with Crippen molar-refractivity contribution in [2.75, 3.05) is 19.6 Å². The van der Waals surface area contributed by atoms with Gasteiger partial charge in [0, 0.05) is 31.1 Å². The number of carboxylic acid groups (broad SMARTS) is 1. The van der Waals surface area contributed by atoms with Gasteiger partial charge < -0.3 is 26.4 Å². The van der Waals surface area contributed by atoms with Gasteiger partial charge in [-0.3, -0.25) is 9.59 Å². The van der Waals surface area contributed by atoms with Crippen molar-refractivity contribution in [2.24, 2.45) is 10.7 Å². The Morgan fingerprint density at radius 3 is 2.62 bits per heavy atom. The van der Waals surface area contributed by atoms with Crippen LogP contribution in [0.1, 0.15) is 23.7 Å². The third-order valence-electron chi connectivity index (χ3n) is 4.02. The van der Waals surface area contributed by atoms with E-state index in [-0.39, 0.29) is 31.4 Å². The van der Waals surface area contributed by atoms with Crippen LogP contribution in [-0.2, 0) is 9.59 Å². The quantitative estimate of drug-likeness (QED) is 0.394. The van der Waals surface area contributed by atoms with Crippen LogP contribution >= 0.6 is 0 Å². The molecule has 9 heteroatoms. The normalized spacial score (nSPS) is 19.9. The Morgan fingerprint density at radius 1 is 1.31 bits per heavy atom. The standard InChI is InChI=1S/C17H23N5O4/c1-2-19-17(18)20-9-14(23)22-10-12(8-13(22)16(25)26)21-15(24)11-6-4-3-5-7-11/h3-7,12-13H,2,8-10H2,1H3,(H,21,24)(H,25,26)(H3,18,19,20)/t12-,13+/m1/s1. The lowest BCUT2D eigenvalue weighted by atomic mass is 10.1. The highest BCUT2D eigenvalue weighted by atomic mass is 16.4. The summed E-state index contributed by atoms with van der Waals surface area (Å²) < 4.78 is 0. The van der Waals surface area contributed by atoms with Crippen molar-refractivity contribution >= 4 is 23.7 Å². The number of hydrogen-bond acceptors (Lipinski definition) is 4. The zero-order chi connectivity index (χ0) is 19.1. The molecule has 0 radical (unpaired) electrons. The van der Waals surface area contributed by atoms with Crippen molar-refractivity contribution in [3.8, 4) is 0 Å². The second kappa shape index (κ2) is 8.84. The van der Waals surface area contributed by atoms with E-state index in [1.165, 1.54) is 4.90 Å². The molecule has 0 spiro atoms. The van der Waals surface area contributed by atoms with Gasteiger partial charge in [0.1, 0.15) is 12.6 Å². The number of nitrogens with two attached hydrogens (primary N) is 1. The Kier molecular flexibility index (Phi) is 6.54. The first kappa shape index (κ1) is 19.2. The van der Waals surface area contributed by atoms with E-state index >= 15 is 0 Å². The molecular weight excluding hydrogens is 338 g/mol. The van der Waals surface area contributed by atoms with Crippen molar-refractivity contribution in [2.45, 2.75) is 25.4 Å². The SMILES string of the molecule is CCNC(N)=NCC(=O)N1C[C@H](NC(=O)c2ccccc2)C[C@H]1C(=O)O. The summed E-state index contributed by atoms with van der Waals surface area (Å²) in [4.78, 5) is 41.2. The lowest BCUT2D eigenvalue weighted by Crippen LogP contribution is -2.43. The number of amides is 2. The molecule has 140 valence electrons. The first-order valence-electron chi connectivity index (χ1n) is 8.34. The van der Waals surface area contributed by atoms with Gasteiger partial charge in [-0.05, 0) is 19.1 Å². The van der Waals surface area contributed by atoms with Gasteiger partial charge in [0.15, 0.2) is 5.96 Å². The number of hydrogen-bond donors (Lipinski definition) is 4. The maximum Gasteiger partial charge on any atom is 0.326 e. The molecule has 0 aliphatic carbocycles. The second-order valence-electron chi connectivity index (χ2n) is 5.90. The summed E-state index contributed by atoms with van der Waals surface area (Å²) in [6, 6.07) is 7.17. The van der Waals surface area contributed by atoms with Crippen molar-refractivity contribution in [1.82, 2.24) is 15.5 Å². The molecule has 0 bridgehead atoms. The first-order valence-corrected chi connectivity index (χ1v) is 8.34. The highest BCUT2D eigenvalue weighted by molar-refractivity contribution is 5.94. The van der Waals surface area contributed by atoms with Crippen molar-refractivity contribution < 1.29 is 19.5 Å². The highest BCUT2D eigenvalue weighted by Gasteiger charge is 2.40. The van der Waals surface area contributed by atoms with Crippen LogP contribution in [0.25, 0.3) is 0 Å². The van der Waals surface area contributed by atoms with Crippen LogP contribution in [-0.4, -0.2) is 65.5 Å². The number of nitrogens with zero attached hydrogens (tertiary/aromatic N) is 2. The van der Waals surface area contributed by atoms with E-state index in [9.17, 15) is 19.5 Å². The van der Waals surface area contributed by atoms with Crippen LogP contribution in [0, 0.1) is 0 Å². The molecule has 26 heavy (non-hydrogen) atoms. The van der Waals surface area contributed by atoms with Gasteiger partial charge in [-0.2, -0.15) is 0 Å². The average molecular weight is 361 g/mol. The van der Waals surface area contributed by atoms with Gasteiger partial charge in [-0.25, -0.2) is 9.79 Å². The predicted molar refractivity (Wildman–Crippen MR) is 95.6 cm³/mol. The Labute approximate surface area is 151 Å². The molecule has 1 fully saturated rings. The Morgan fingerprint density at radius 2 is 2.00 bits per heavy atom. The number of carbonyl (C=O) groups is 3. The summed E-state index contributed by atoms with van der Waals surface area (Å²) in [6.07, 6.45) is 0.145. The summed E-state index contributed by atoms with van der Waals surface area (Å²) in [5, 5.41) is 14.9. The van der Waals surface area contributed by atoms with E-state index in [2.05, 4.69) is 15.6 Å². The fraction of sp³-hybridized carbons (Fsp3) is 0.412. The van der Waals surface area contributed by atoms with Gasteiger partial charge in [-0.1, -0.05) is 18.2 Å². The van der Waals surface area contributed by atoms with Crippen LogP contribution in [0.4, 0.5) is 0 Å². The second-order valence-corrected chi connectivity index (χ2v) is 5.90. The fourth-order valence-corrected chi connectivity index (χ4v) is 2.79. The third-order valence-corrected chi connectivity index (χ3v) is 4.02. The van der Waals surface area contributed by atoms with Crippen LogP contribution in [0.15, 0.2) is 35.3 Å². The van der Waals surface area contributed by atoms with Crippen molar-refractivity contribution in [3.63, 3.8) is 0 Å². The van der Waals surface area contributed by atoms with Crippen molar-refractivity contribution in [1.29, 1.82) is 0 Å². The number of aliphatic carboxylic acids is 1. The summed E-state index contributed by atoms with van der Waals surface area (Å²) in [5.41, 5.74) is 6.06. The van der Waals surface area contributed by atoms with Gasteiger partial charge in [0.05, 0.1) is 0 Å². The maximum atomic E-state index is 12.3. The van der Waals surface area contributed by atoms with Crippen LogP contribution in [0.5, 0.6) is 0 Å². The van der Waals surface area contributed by atoms with E-state index in [1.54, 1.807) is 30.3 Å². The van der Waals surface area contributed by atoms with E-state index in [0.717, 1.165) is 0 Å². The number of carboxylic acids is 1. The molecule has 1 heterocycles. The smallest absolute Gasteiger partial charge is 0.326 e. The number of likely N-dealkylation sites (tertiary alicyclic amines) is 1. The lowest BCUT2D eigenvalue weighted by Gasteiger charge is -2.20. The number of carbonyl (C=O) groups excluding carboxylic acids is 2. The molecule has 1 aliphatic rings. The maximum absolute atomic E-state index is 12.3. The Hall–Kier alpha value is -3.10. The molecule has 2 amide bonds.